The smallest absolute Gasteiger partial charge is 0.126 e. The Morgan fingerprint density at radius 1 is 1.42 bits per heavy atom. The molecule has 0 spiro atoms. The van der Waals surface area contributed by atoms with Gasteiger partial charge in [0.05, 0.1) is 16.4 Å². The standard InChI is InChI=1S/C13H15ClFN3S/c1-3-11-13(14)12(18(2)17-11)7-19-10-5-8(15)4-9(16)6-10/h4-6H,3,7,16H2,1-2H3. The van der Waals surface area contributed by atoms with Crippen LogP contribution in [0.15, 0.2) is 23.1 Å². The molecule has 0 saturated carbocycles. The van der Waals surface area contributed by atoms with Crippen LogP contribution >= 0.6 is 23.4 Å². The number of thioether (sulfide) groups is 1. The molecule has 2 rings (SSSR count). The Bertz CT molecular complexity index is 578. The van der Waals surface area contributed by atoms with Gasteiger partial charge in [-0.3, -0.25) is 4.68 Å². The number of nitrogen functional groups attached to an aromatic ring is 1. The van der Waals surface area contributed by atoms with E-state index in [9.17, 15) is 4.39 Å². The summed E-state index contributed by atoms with van der Waals surface area (Å²) < 4.78 is 15.0. The number of aromatic nitrogens is 2. The van der Waals surface area contributed by atoms with Crippen LogP contribution in [0.2, 0.25) is 5.02 Å². The van der Waals surface area contributed by atoms with Crippen molar-refractivity contribution in [2.75, 3.05) is 5.73 Å². The minimum atomic E-state index is -0.326. The predicted molar refractivity (Wildman–Crippen MR) is 78.0 cm³/mol. The van der Waals surface area contributed by atoms with Gasteiger partial charge in [0, 0.05) is 23.4 Å². The van der Waals surface area contributed by atoms with E-state index in [0.29, 0.717) is 16.5 Å². The Kier molecular flexibility index (Phi) is 4.37. The predicted octanol–water partition coefficient (Wildman–Crippen LogP) is 3.65. The number of nitrogens with zero attached hydrogens (tertiary/aromatic N) is 2. The van der Waals surface area contributed by atoms with Gasteiger partial charge in [0.25, 0.3) is 0 Å². The van der Waals surface area contributed by atoms with Crippen LogP contribution in [0, 0.1) is 5.82 Å². The highest BCUT2D eigenvalue weighted by Crippen LogP contribution is 2.30. The minimum absolute atomic E-state index is 0.326. The quantitative estimate of drug-likeness (QED) is 0.692. The van der Waals surface area contributed by atoms with Gasteiger partial charge in [0.15, 0.2) is 0 Å². The average Bonchev–Trinajstić information content (AvgIpc) is 2.61. The maximum absolute atomic E-state index is 13.2. The molecule has 0 radical (unpaired) electrons. The molecule has 0 aliphatic heterocycles. The second-order valence-corrected chi connectivity index (χ2v) is 5.62. The summed E-state index contributed by atoms with van der Waals surface area (Å²) in [6, 6.07) is 4.51. The van der Waals surface area contributed by atoms with Gasteiger partial charge in [-0.05, 0) is 24.6 Å². The van der Waals surface area contributed by atoms with Gasteiger partial charge in [-0.15, -0.1) is 11.8 Å². The summed E-state index contributed by atoms with van der Waals surface area (Å²) in [5.41, 5.74) is 7.86. The van der Waals surface area contributed by atoms with E-state index in [-0.39, 0.29) is 5.82 Å². The summed E-state index contributed by atoms with van der Waals surface area (Å²) in [6.07, 6.45) is 0.796. The number of hydrogen-bond acceptors (Lipinski definition) is 3. The van der Waals surface area contributed by atoms with Crippen LogP contribution in [0.5, 0.6) is 0 Å². The van der Waals surface area contributed by atoms with Crippen LogP contribution in [0.4, 0.5) is 10.1 Å². The third kappa shape index (κ3) is 3.22. The van der Waals surface area contributed by atoms with Crippen molar-refractivity contribution in [3.05, 3.63) is 40.4 Å². The fourth-order valence-corrected chi connectivity index (χ4v) is 3.29. The van der Waals surface area contributed by atoms with Gasteiger partial charge in [0.2, 0.25) is 0 Å². The van der Waals surface area contributed by atoms with E-state index in [1.54, 1.807) is 10.7 Å². The van der Waals surface area contributed by atoms with Gasteiger partial charge in [-0.25, -0.2) is 4.39 Å². The van der Waals surface area contributed by atoms with Crippen LogP contribution in [0.3, 0.4) is 0 Å². The summed E-state index contributed by atoms with van der Waals surface area (Å²) in [7, 11) is 1.86. The summed E-state index contributed by atoms with van der Waals surface area (Å²) in [4.78, 5) is 0.785. The molecule has 0 bridgehead atoms. The molecule has 102 valence electrons. The first kappa shape index (κ1) is 14.2. The van der Waals surface area contributed by atoms with E-state index >= 15 is 0 Å². The normalized spacial score (nSPS) is 10.9. The Morgan fingerprint density at radius 3 is 2.74 bits per heavy atom. The van der Waals surface area contributed by atoms with E-state index in [0.717, 1.165) is 22.7 Å². The van der Waals surface area contributed by atoms with E-state index < -0.39 is 0 Å². The molecule has 0 aliphatic rings. The van der Waals surface area contributed by atoms with Crippen molar-refractivity contribution in [1.82, 2.24) is 9.78 Å². The molecule has 19 heavy (non-hydrogen) atoms. The molecule has 1 aromatic carbocycles. The number of hydrogen-bond donors (Lipinski definition) is 1. The lowest BCUT2D eigenvalue weighted by molar-refractivity contribution is 0.625. The average molecular weight is 300 g/mol. The van der Waals surface area contributed by atoms with Gasteiger partial charge in [0.1, 0.15) is 5.82 Å². The number of rotatable bonds is 4. The number of aryl methyl sites for hydroxylation is 2. The lowest BCUT2D eigenvalue weighted by Gasteiger charge is -2.04. The molecular formula is C13H15ClFN3S. The van der Waals surface area contributed by atoms with Crippen molar-refractivity contribution >= 4 is 29.1 Å². The second-order valence-electron chi connectivity index (χ2n) is 4.19. The van der Waals surface area contributed by atoms with Crippen LogP contribution in [-0.4, -0.2) is 9.78 Å². The molecule has 0 amide bonds. The third-order valence-electron chi connectivity index (χ3n) is 2.77. The molecule has 1 aromatic heterocycles. The van der Waals surface area contributed by atoms with Crippen molar-refractivity contribution in [2.24, 2.45) is 7.05 Å². The molecule has 0 aliphatic carbocycles. The monoisotopic (exact) mass is 299 g/mol. The van der Waals surface area contributed by atoms with Gasteiger partial charge < -0.3 is 5.73 Å². The van der Waals surface area contributed by atoms with Crippen LogP contribution in [0.25, 0.3) is 0 Å². The SMILES string of the molecule is CCc1nn(C)c(CSc2cc(N)cc(F)c2)c1Cl. The fourth-order valence-electron chi connectivity index (χ4n) is 1.80. The molecule has 2 N–H and O–H groups in total. The van der Waals surface area contributed by atoms with Gasteiger partial charge in [-0.2, -0.15) is 5.10 Å². The minimum Gasteiger partial charge on any atom is -0.399 e. The van der Waals surface area contributed by atoms with Crippen molar-refractivity contribution in [3.63, 3.8) is 0 Å². The third-order valence-corrected chi connectivity index (χ3v) is 4.20. The van der Waals surface area contributed by atoms with E-state index in [4.69, 9.17) is 17.3 Å². The van der Waals surface area contributed by atoms with Gasteiger partial charge >= 0.3 is 0 Å². The Labute approximate surface area is 120 Å². The summed E-state index contributed by atoms with van der Waals surface area (Å²) in [5, 5.41) is 5.04. The van der Waals surface area contributed by atoms with Crippen LogP contribution in [-0.2, 0) is 19.2 Å². The van der Waals surface area contributed by atoms with Crippen molar-refractivity contribution in [3.8, 4) is 0 Å². The first-order valence-corrected chi connectivity index (χ1v) is 7.26. The zero-order chi connectivity index (χ0) is 14.0. The van der Waals surface area contributed by atoms with Crippen molar-refractivity contribution in [2.45, 2.75) is 24.0 Å². The molecule has 1 heterocycles. The van der Waals surface area contributed by atoms with E-state index in [1.807, 2.05) is 14.0 Å². The highest BCUT2D eigenvalue weighted by atomic mass is 35.5. The lowest BCUT2D eigenvalue weighted by atomic mass is 10.3. The second kappa shape index (κ2) is 5.84. The maximum atomic E-state index is 13.2. The molecule has 0 saturated heterocycles. The summed E-state index contributed by atoms with van der Waals surface area (Å²) >= 11 is 7.75. The number of benzene rings is 1. The van der Waals surface area contributed by atoms with Gasteiger partial charge in [-0.1, -0.05) is 18.5 Å². The Balaban J connectivity index is 2.16. The number of halogens is 2. The largest absolute Gasteiger partial charge is 0.399 e. The molecular weight excluding hydrogens is 285 g/mol. The van der Waals surface area contributed by atoms with E-state index in [1.165, 1.54) is 23.9 Å². The fraction of sp³-hybridized carbons (Fsp3) is 0.308. The first-order chi connectivity index (χ1) is 9.01. The van der Waals surface area contributed by atoms with Crippen LogP contribution in [0.1, 0.15) is 18.3 Å². The molecule has 0 atom stereocenters. The highest BCUT2D eigenvalue weighted by Gasteiger charge is 2.13. The zero-order valence-corrected chi connectivity index (χ0v) is 12.4. The van der Waals surface area contributed by atoms with Crippen molar-refractivity contribution in [1.29, 1.82) is 0 Å². The summed E-state index contributed by atoms with van der Waals surface area (Å²) in [5.74, 6) is 0.304. The molecule has 0 unspecified atom stereocenters. The van der Waals surface area contributed by atoms with E-state index in [2.05, 4.69) is 5.10 Å². The maximum Gasteiger partial charge on any atom is 0.126 e. The number of anilines is 1. The number of nitrogens with two attached hydrogens (primary N) is 1. The molecule has 3 nitrogen and oxygen atoms in total. The summed E-state index contributed by atoms with van der Waals surface area (Å²) in [6.45, 7) is 2.01. The molecule has 0 fully saturated rings. The first-order valence-electron chi connectivity index (χ1n) is 5.90. The van der Waals surface area contributed by atoms with Crippen molar-refractivity contribution < 1.29 is 4.39 Å². The zero-order valence-electron chi connectivity index (χ0n) is 10.8. The Hall–Kier alpha value is -1.20. The van der Waals surface area contributed by atoms with Crippen LogP contribution < -0.4 is 5.73 Å². The lowest BCUT2D eigenvalue weighted by Crippen LogP contribution is -1.97. The molecule has 2 aromatic rings. The Morgan fingerprint density at radius 2 is 2.16 bits per heavy atom. The highest BCUT2D eigenvalue weighted by molar-refractivity contribution is 7.98. The topological polar surface area (TPSA) is 43.8 Å². The molecule has 6 heteroatoms.